The van der Waals surface area contributed by atoms with Crippen LogP contribution in [0.5, 0.6) is 11.6 Å². The molecule has 4 rings (SSSR count). The first-order valence-corrected chi connectivity index (χ1v) is 9.17. The lowest BCUT2D eigenvalue weighted by Gasteiger charge is -2.13. The number of hydrogen-bond acceptors (Lipinski definition) is 6. The van der Waals surface area contributed by atoms with Crippen molar-refractivity contribution in [3.63, 3.8) is 0 Å². The van der Waals surface area contributed by atoms with E-state index in [1.54, 1.807) is 0 Å². The van der Waals surface area contributed by atoms with Crippen LogP contribution in [-0.4, -0.2) is 36.1 Å². The highest BCUT2D eigenvalue weighted by Gasteiger charge is 2.25. The minimum atomic E-state index is -0.740. The number of para-hydroxylation sites is 1. The van der Waals surface area contributed by atoms with E-state index in [9.17, 15) is 13.6 Å². The number of rotatable bonds is 6. The standard InChI is InChI=1S/C21H18F2N4O3/c1-29-21-19(20(28)24-9-12-11-30-17-5-3-2-4-16(12)17)27-18(10-25-21)26-15-7-13(22)6-14(23)8-15/h2-8,10,12H,9,11H2,1H3,(H,24,28)(H,26,27). The normalized spacial score (nSPS) is 14.6. The third-order valence-electron chi connectivity index (χ3n) is 4.59. The minimum Gasteiger partial charge on any atom is -0.493 e. The summed E-state index contributed by atoms with van der Waals surface area (Å²) < 4.78 is 37.6. The van der Waals surface area contributed by atoms with Crippen LogP contribution in [0.1, 0.15) is 22.0 Å². The Labute approximate surface area is 171 Å². The van der Waals surface area contributed by atoms with Crippen molar-refractivity contribution < 1.29 is 23.0 Å². The summed E-state index contributed by atoms with van der Waals surface area (Å²) in [7, 11) is 1.37. The van der Waals surface area contributed by atoms with E-state index in [0.717, 1.165) is 29.5 Å². The Kier molecular flexibility index (Phi) is 5.42. The van der Waals surface area contributed by atoms with Crippen molar-refractivity contribution in [1.82, 2.24) is 15.3 Å². The molecular weight excluding hydrogens is 394 g/mol. The van der Waals surface area contributed by atoms with Gasteiger partial charge < -0.3 is 20.1 Å². The van der Waals surface area contributed by atoms with E-state index >= 15 is 0 Å². The van der Waals surface area contributed by atoms with Crippen LogP contribution < -0.4 is 20.1 Å². The number of amides is 1. The third kappa shape index (κ3) is 4.14. The molecule has 1 atom stereocenters. The highest BCUT2D eigenvalue weighted by atomic mass is 19.1. The van der Waals surface area contributed by atoms with Crippen LogP contribution in [0.4, 0.5) is 20.3 Å². The van der Waals surface area contributed by atoms with Crippen LogP contribution in [-0.2, 0) is 0 Å². The molecule has 1 unspecified atom stereocenters. The molecule has 1 aliphatic heterocycles. The maximum atomic E-state index is 13.4. The van der Waals surface area contributed by atoms with E-state index in [4.69, 9.17) is 9.47 Å². The average Bonchev–Trinajstić information content (AvgIpc) is 3.14. The van der Waals surface area contributed by atoms with E-state index < -0.39 is 17.5 Å². The van der Waals surface area contributed by atoms with Crippen molar-refractivity contribution in [3.8, 4) is 11.6 Å². The van der Waals surface area contributed by atoms with E-state index in [1.165, 1.54) is 13.3 Å². The first kappa shape index (κ1) is 19.6. The van der Waals surface area contributed by atoms with Gasteiger partial charge in [-0.2, -0.15) is 0 Å². The molecule has 1 aliphatic rings. The second-order valence-electron chi connectivity index (χ2n) is 6.65. The number of methoxy groups -OCH3 is 1. The second kappa shape index (κ2) is 8.32. The number of aromatic nitrogens is 2. The Balaban J connectivity index is 1.49. The third-order valence-corrected chi connectivity index (χ3v) is 4.59. The molecule has 0 spiro atoms. The van der Waals surface area contributed by atoms with Gasteiger partial charge in [-0.3, -0.25) is 4.79 Å². The van der Waals surface area contributed by atoms with Crippen molar-refractivity contribution in [1.29, 1.82) is 0 Å². The van der Waals surface area contributed by atoms with Crippen molar-refractivity contribution in [3.05, 3.63) is 71.6 Å². The molecule has 9 heteroatoms. The van der Waals surface area contributed by atoms with Crippen molar-refractivity contribution in [2.45, 2.75) is 5.92 Å². The zero-order valence-corrected chi connectivity index (χ0v) is 16.0. The molecule has 2 heterocycles. The maximum absolute atomic E-state index is 13.4. The average molecular weight is 412 g/mol. The number of nitrogens with one attached hydrogen (secondary N) is 2. The van der Waals surface area contributed by atoms with Gasteiger partial charge in [0.25, 0.3) is 5.91 Å². The highest BCUT2D eigenvalue weighted by molar-refractivity contribution is 5.94. The zero-order chi connectivity index (χ0) is 21.1. The molecule has 1 aromatic heterocycles. The van der Waals surface area contributed by atoms with Crippen LogP contribution in [0, 0.1) is 11.6 Å². The fraction of sp³-hybridized carbons (Fsp3) is 0.190. The van der Waals surface area contributed by atoms with Gasteiger partial charge in [-0.15, -0.1) is 0 Å². The van der Waals surface area contributed by atoms with E-state index in [0.29, 0.717) is 13.2 Å². The number of carbonyl (C=O) groups is 1. The van der Waals surface area contributed by atoms with Crippen LogP contribution in [0.3, 0.4) is 0 Å². The largest absolute Gasteiger partial charge is 0.493 e. The smallest absolute Gasteiger partial charge is 0.275 e. The summed E-state index contributed by atoms with van der Waals surface area (Å²) in [6, 6.07) is 10.6. The van der Waals surface area contributed by atoms with Gasteiger partial charge in [0, 0.05) is 29.8 Å². The highest BCUT2D eigenvalue weighted by Crippen LogP contribution is 2.33. The molecule has 154 valence electrons. The van der Waals surface area contributed by atoms with E-state index in [2.05, 4.69) is 20.6 Å². The number of hydrogen-bond donors (Lipinski definition) is 2. The predicted molar refractivity (Wildman–Crippen MR) is 105 cm³/mol. The number of fused-ring (bicyclic) bond motifs is 1. The monoisotopic (exact) mass is 412 g/mol. The Morgan fingerprint density at radius 2 is 2.00 bits per heavy atom. The summed E-state index contributed by atoms with van der Waals surface area (Å²) in [5, 5.41) is 5.55. The van der Waals surface area contributed by atoms with Crippen LogP contribution >= 0.6 is 0 Å². The molecular formula is C21H18F2N4O3. The number of anilines is 2. The van der Waals surface area contributed by atoms with Gasteiger partial charge in [0.15, 0.2) is 5.69 Å². The van der Waals surface area contributed by atoms with Crippen molar-refractivity contribution in [2.24, 2.45) is 0 Å². The molecule has 0 saturated carbocycles. The van der Waals surface area contributed by atoms with Crippen LogP contribution in [0.2, 0.25) is 0 Å². The topological polar surface area (TPSA) is 85.4 Å². The molecule has 0 aliphatic carbocycles. The van der Waals surface area contributed by atoms with Gasteiger partial charge in [-0.05, 0) is 18.2 Å². The van der Waals surface area contributed by atoms with Gasteiger partial charge in [0.1, 0.15) is 23.2 Å². The molecule has 2 N–H and O–H groups in total. The number of halogens is 2. The molecule has 0 bridgehead atoms. The lowest BCUT2D eigenvalue weighted by atomic mass is 10.0. The van der Waals surface area contributed by atoms with Gasteiger partial charge in [-0.25, -0.2) is 18.7 Å². The number of ether oxygens (including phenoxy) is 2. The second-order valence-corrected chi connectivity index (χ2v) is 6.65. The maximum Gasteiger partial charge on any atom is 0.275 e. The summed E-state index contributed by atoms with van der Waals surface area (Å²) in [5.74, 6) is -0.972. The fourth-order valence-electron chi connectivity index (χ4n) is 3.21. The molecule has 30 heavy (non-hydrogen) atoms. The summed E-state index contributed by atoms with van der Waals surface area (Å²) >= 11 is 0. The summed E-state index contributed by atoms with van der Waals surface area (Å²) in [6.45, 7) is 0.808. The number of benzene rings is 2. The van der Waals surface area contributed by atoms with Crippen LogP contribution in [0.25, 0.3) is 0 Å². The zero-order valence-electron chi connectivity index (χ0n) is 16.0. The van der Waals surface area contributed by atoms with Crippen LogP contribution in [0.15, 0.2) is 48.7 Å². The predicted octanol–water partition coefficient (Wildman–Crippen LogP) is 3.41. The summed E-state index contributed by atoms with van der Waals surface area (Å²) in [6.07, 6.45) is 1.31. The first-order valence-electron chi connectivity index (χ1n) is 9.17. The Morgan fingerprint density at radius 1 is 1.23 bits per heavy atom. The molecule has 0 radical (unpaired) electrons. The molecule has 3 aromatic rings. The minimum absolute atomic E-state index is 0.0145. The molecule has 2 aromatic carbocycles. The number of carbonyl (C=O) groups excluding carboxylic acids is 1. The van der Waals surface area contributed by atoms with Crippen molar-refractivity contribution >= 4 is 17.4 Å². The van der Waals surface area contributed by atoms with Gasteiger partial charge in [0.2, 0.25) is 5.88 Å². The van der Waals surface area contributed by atoms with Gasteiger partial charge in [-0.1, -0.05) is 18.2 Å². The van der Waals surface area contributed by atoms with E-state index in [1.807, 2.05) is 24.3 Å². The lowest BCUT2D eigenvalue weighted by Crippen LogP contribution is -2.30. The van der Waals surface area contributed by atoms with Gasteiger partial charge in [0.05, 0.1) is 19.9 Å². The van der Waals surface area contributed by atoms with E-state index in [-0.39, 0.29) is 29.0 Å². The Bertz CT molecular complexity index is 1070. The number of nitrogens with zero attached hydrogens (tertiary/aromatic N) is 2. The molecule has 7 nitrogen and oxygen atoms in total. The SMILES string of the molecule is COc1ncc(Nc2cc(F)cc(F)c2)nc1C(=O)NCC1COc2ccccc21. The quantitative estimate of drug-likeness (QED) is 0.646. The first-order chi connectivity index (χ1) is 14.5. The van der Waals surface area contributed by atoms with Gasteiger partial charge >= 0.3 is 0 Å². The summed E-state index contributed by atoms with van der Waals surface area (Å²) in [4.78, 5) is 21.0. The molecule has 0 saturated heterocycles. The fourth-order valence-corrected chi connectivity index (χ4v) is 3.21. The summed E-state index contributed by atoms with van der Waals surface area (Å²) in [5.41, 5.74) is 1.11. The lowest BCUT2D eigenvalue weighted by molar-refractivity contribution is 0.0941. The molecule has 0 fully saturated rings. The Morgan fingerprint density at radius 3 is 2.77 bits per heavy atom. The van der Waals surface area contributed by atoms with Crippen molar-refractivity contribution in [2.75, 3.05) is 25.6 Å². The molecule has 1 amide bonds. The Hall–Kier alpha value is -3.75.